The fourth-order valence-corrected chi connectivity index (χ4v) is 2.88. The molecule has 1 amide bonds. The number of pyridine rings is 1. The van der Waals surface area contributed by atoms with Gasteiger partial charge in [0.15, 0.2) is 12.4 Å². The number of ether oxygens (including phenoxy) is 1. The fraction of sp³-hybridized carbons (Fsp3) is 0.0526. The highest BCUT2D eigenvalue weighted by Crippen LogP contribution is 2.44. The molecule has 1 aromatic heterocycles. The maximum absolute atomic E-state index is 12.9. The molecule has 0 spiro atoms. The molecule has 0 saturated heterocycles. The number of H-pyrrole nitrogens is 1. The summed E-state index contributed by atoms with van der Waals surface area (Å²) in [4.78, 5) is 15.9. The third-order valence-electron chi connectivity index (χ3n) is 3.92. The summed E-state index contributed by atoms with van der Waals surface area (Å²) in [5.41, 5.74) is 2.49. The lowest BCUT2D eigenvalue weighted by Gasteiger charge is -2.27. The fourth-order valence-electron chi connectivity index (χ4n) is 2.88. The lowest BCUT2D eigenvalue weighted by molar-refractivity contribution is -0.377. The first-order valence-electron chi connectivity index (χ1n) is 7.45. The number of hydrogen-bond acceptors (Lipinski definition) is 2. The number of aromatic nitrogens is 1. The van der Waals surface area contributed by atoms with E-state index in [0.29, 0.717) is 0 Å². The van der Waals surface area contributed by atoms with Gasteiger partial charge in [-0.25, -0.2) is 4.98 Å². The van der Waals surface area contributed by atoms with Gasteiger partial charge in [-0.2, -0.15) is 0 Å². The first-order valence-corrected chi connectivity index (χ1v) is 7.45. The predicted octanol–water partition coefficient (Wildman–Crippen LogP) is 3.38. The van der Waals surface area contributed by atoms with Crippen LogP contribution in [0, 0.1) is 0 Å². The summed E-state index contributed by atoms with van der Waals surface area (Å²) >= 11 is 0. The van der Waals surface area contributed by atoms with E-state index in [9.17, 15) is 4.79 Å². The normalized spacial score (nSPS) is 12.7. The summed E-state index contributed by atoms with van der Waals surface area (Å²) < 4.78 is 5.92. The second-order valence-electron chi connectivity index (χ2n) is 5.39. The third kappa shape index (κ3) is 2.44. The van der Waals surface area contributed by atoms with Crippen LogP contribution in [-0.2, 0) is 4.79 Å². The van der Waals surface area contributed by atoms with Crippen LogP contribution in [0.2, 0.25) is 0 Å². The Labute approximate surface area is 133 Å². The molecule has 0 fully saturated rings. The molecular weight excluding hydrogens is 288 g/mol. The molecule has 4 rings (SSSR count). The van der Waals surface area contributed by atoms with Gasteiger partial charge in [-0.05, 0) is 18.2 Å². The lowest BCUT2D eigenvalue weighted by Crippen LogP contribution is -2.25. The molecule has 0 bridgehead atoms. The van der Waals surface area contributed by atoms with Gasteiger partial charge >= 0.3 is 0 Å². The Balaban J connectivity index is 1.77. The summed E-state index contributed by atoms with van der Waals surface area (Å²) in [6.07, 6.45) is 3.56. The molecule has 2 heterocycles. The Morgan fingerprint density at radius 1 is 0.913 bits per heavy atom. The second-order valence-corrected chi connectivity index (χ2v) is 5.39. The molecule has 0 saturated carbocycles. The average molecular weight is 303 g/mol. The van der Waals surface area contributed by atoms with Crippen molar-refractivity contribution in [3.8, 4) is 11.5 Å². The highest BCUT2D eigenvalue weighted by molar-refractivity contribution is 5.99. The van der Waals surface area contributed by atoms with Crippen molar-refractivity contribution < 1.29 is 14.5 Å². The molecule has 3 aromatic rings. The van der Waals surface area contributed by atoms with Crippen molar-refractivity contribution in [2.75, 3.05) is 5.32 Å². The van der Waals surface area contributed by atoms with Gasteiger partial charge in [0.2, 0.25) is 5.91 Å². The topological polar surface area (TPSA) is 52.5 Å². The molecule has 23 heavy (non-hydrogen) atoms. The van der Waals surface area contributed by atoms with E-state index in [1.54, 1.807) is 12.4 Å². The van der Waals surface area contributed by atoms with E-state index in [1.165, 1.54) is 0 Å². The van der Waals surface area contributed by atoms with Crippen LogP contribution in [0.4, 0.5) is 5.69 Å². The van der Waals surface area contributed by atoms with Crippen molar-refractivity contribution in [3.05, 3.63) is 84.2 Å². The van der Waals surface area contributed by atoms with Crippen molar-refractivity contribution in [2.45, 2.75) is 5.92 Å². The minimum Gasteiger partial charge on any atom is -0.457 e. The van der Waals surface area contributed by atoms with Crippen LogP contribution in [-0.4, -0.2) is 5.91 Å². The van der Waals surface area contributed by atoms with Gasteiger partial charge in [0.05, 0.1) is 5.92 Å². The predicted molar refractivity (Wildman–Crippen MR) is 86.4 cm³/mol. The van der Waals surface area contributed by atoms with E-state index in [-0.39, 0.29) is 5.91 Å². The molecule has 4 nitrogen and oxygen atoms in total. The minimum atomic E-state index is -0.392. The number of para-hydroxylation sites is 2. The van der Waals surface area contributed by atoms with Crippen LogP contribution in [0.25, 0.3) is 0 Å². The third-order valence-corrected chi connectivity index (χ3v) is 3.92. The molecule has 0 radical (unpaired) electrons. The number of amides is 1. The van der Waals surface area contributed by atoms with Gasteiger partial charge in [-0.1, -0.05) is 36.4 Å². The number of benzene rings is 2. The highest BCUT2D eigenvalue weighted by atomic mass is 16.5. The molecule has 1 aliphatic rings. The molecule has 0 unspecified atom stereocenters. The zero-order valence-corrected chi connectivity index (χ0v) is 12.3. The second kappa shape index (κ2) is 5.57. The zero-order chi connectivity index (χ0) is 15.6. The van der Waals surface area contributed by atoms with E-state index < -0.39 is 5.92 Å². The largest absolute Gasteiger partial charge is 0.457 e. The van der Waals surface area contributed by atoms with Crippen LogP contribution < -0.4 is 15.0 Å². The van der Waals surface area contributed by atoms with Crippen molar-refractivity contribution in [2.24, 2.45) is 0 Å². The molecule has 0 aliphatic carbocycles. The minimum absolute atomic E-state index is 0.0761. The monoisotopic (exact) mass is 303 g/mol. The quantitative estimate of drug-likeness (QED) is 0.789. The molecule has 1 aliphatic heterocycles. The average Bonchev–Trinajstić information content (AvgIpc) is 2.60. The van der Waals surface area contributed by atoms with Crippen molar-refractivity contribution in [1.82, 2.24) is 0 Å². The summed E-state index contributed by atoms with van der Waals surface area (Å²) in [5.74, 6) is 0.987. The van der Waals surface area contributed by atoms with Gasteiger partial charge in [0.1, 0.15) is 17.2 Å². The summed E-state index contributed by atoms with van der Waals surface area (Å²) in [5, 5.41) is 2.97. The standard InChI is InChI=1S/C19H14N2O2/c22-19(21-13-6-5-11-20-12-13)18-14-7-1-3-9-16(14)23-17-10-4-2-8-15(17)18/h1-12,18H,(H,21,22)/p+1. The Hall–Kier alpha value is -3.14. The van der Waals surface area contributed by atoms with Gasteiger partial charge in [0, 0.05) is 17.2 Å². The first kappa shape index (κ1) is 13.5. The molecule has 2 N–H and O–H groups in total. The van der Waals surface area contributed by atoms with E-state index in [2.05, 4.69) is 10.3 Å². The number of hydrogen-bond donors (Lipinski definition) is 1. The highest BCUT2D eigenvalue weighted by Gasteiger charge is 2.32. The van der Waals surface area contributed by atoms with Crippen LogP contribution >= 0.6 is 0 Å². The Kier molecular flexibility index (Phi) is 3.27. The van der Waals surface area contributed by atoms with Gasteiger partial charge in [-0.15, -0.1) is 0 Å². The van der Waals surface area contributed by atoms with E-state index in [0.717, 1.165) is 28.3 Å². The van der Waals surface area contributed by atoms with Crippen molar-refractivity contribution in [3.63, 3.8) is 0 Å². The number of aromatic amines is 1. The van der Waals surface area contributed by atoms with Crippen LogP contribution in [0.5, 0.6) is 11.5 Å². The number of fused-ring (bicyclic) bond motifs is 2. The van der Waals surface area contributed by atoms with Crippen LogP contribution in [0.1, 0.15) is 17.0 Å². The number of carbonyl (C=O) groups excluding carboxylic acids is 1. The van der Waals surface area contributed by atoms with Gasteiger partial charge in [0.25, 0.3) is 0 Å². The summed E-state index contributed by atoms with van der Waals surface area (Å²) in [6, 6.07) is 19.0. The SMILES string of the molecule is O=C(Nc1ccc[nH+]c1)C1c2ccccc2Oc2ccccc21. The van der Waals surface area contributed by atoms with Crippen LogP contribution in [0.3, 0.4) is 0 Å². The molecule has 0 atom stereocenters. The molecule has 112 valence electrons. The Bertz CT molecular complexity index is 817. The molecule has 2 aromatic carbocycles. The number of nitrogens with one attached hydrogen (secondary N) is 2. The maximum atomic E-state index is 12.9. The molecular formula is C19H15N2O2+. The number of carbonyl (C=O) groups is 1. The molecule has 4 heteroatoms. The van der Waals surface area contributed by atoms with Gasteiger partial charge < -0.3 is 10.1 Å². The zero-order valence-electron chi connectivity index (χ0n) is 12.3. The van der Waals surface area contributed by atoms with Crippen molar-refractivity contribution in [1.29, 1.82) is 0 Å². The smallest absolute Gasteiger partial charge is 0.236 e. The van der Waals surface area contributed by atoms with E-state index >= 15 is 0 Å². The summed E-state index contributed by atoms with van der Waals surface area (Å²) in [7, 11) is 0. The van der Waals surface area contributed by atoms with E-state index in [4.69, 9.17) is 4.74 Å². The maximum Gasteiger partial charge on any atom is 0.236 e. The summed E-state index contributed by atoms with van der Waals surface area (Å²) in [6.45, 7) is 0. The van der Waals surface area contributed by atoms with Crippen molar-refractivity contribution >= 4 is 11.6 Å². The van der Waals surface area contributed by atoms with Crippen LogP contribution in [0.15, 0.2) is 73.1 Å². The van der Waals surface area contributed by atoms with E-state index in [1.807, 2.05) is 60.7 Å². The first-order chi connectivity index (χ1) is 11.3. The van der Waals surface area contributed by atoms with Gasteiger partial charge in [-0.3, -0.25) is 4.79 Å². The number of anilines is 1. The Morgan fingerprint density at radius 2 is 1.57 bits per heavy atom. The Morgan fingerprint density at radius 3 is 2.17 bits per heavy atom. The number of rotatable bonds is 2. The lowest BCUT2D eigenvalue weighted by atomic mass is 9.87.